The number of hydrogen-bond acceptors (Lipinski definition) is 5. The lowest BCUT2D eigenvalue weighted by Crippen LogP contribution is -2.03. The van der Waals surface area contributed by atoms with Gasteiger partial charge in [-0.2, -0.15) is 0 Å². The van der Waals surface area contributed by atoms with E-state index in [9.17, 15) is 10.1 Å². The van der Waals surface area contributed by atoms with Gasteiger partial charge in [-0.25, -0.2) is 0 Å². The van der Waals surface area contributed by atoms with Gasteiger partial charge in [-0.15, -0.1) is 10.2 Å². The van der Waals surface area contributed by atoms with Crippen molar-refractivity contribution < 1.29 is 9.66 Å². The van der Waals surface area contributed by atoms with Crippen molar-refractivity contribution in [2.45, 2.75) is 26.8 Å². The van der Waals surface area contributed by atoms with E-state index < -0.39 is 4.92 Å². The van der Waals surface area contributed by atoms with Crippen LogP contribution in [0.3, 0.4) is 0 Å². The summed E-state index contributed by atoms with van der Waals surface area (Å²) in [6.45, 7) is 4.92. The van der Waals surface area contributed by atoms with Gasteiger partial charge < -0.3 is 9.30 Å². The van der Waals surface area contributed by atoms with Crippen LogP contribution in [0.2, 0.25) is 0 Å². The molecule has 0 amide bonds. The van der Waals surface area contributed by atoms with Gasteiger partial charge in [0.15, 0.2) is 5.82 Å². The quantitative estimate of drug-likeness (QED) is 0.598. The van der Waals surface area contributed by atoms with E-state index in [2.05, 4.69) is 10.2 Å². The number of nitro groups is 1. The summed E-state index contributed by atoms with van der Waals surface area (Å²) >= 11 is 0. The third kappa shape index (κ3) is 2.61. The van der Waals surface area contributed by atoms with Crippen molar-refractivity contribution in [1.29, 1.82) is 0 Å². The van der Waals surface area contributed by atoms with Gasteiger partial charge in [0.2, 0.25) is 5.75 Å². The molecule has 1 aromatic heterocycles. The molecule has 7 nitrogen and oxygen atoms in total. The fourth-order valence-electron chi connectivity index (χ4n) is 2.01. The second-order valence-electron chi connectivity index (χ2n) is 4.19. The van der Waals surface area contributed by atoms with Crippen molar-refractivity contribution in [3.8, 4) is 17.1 Å². The number of nitro benzene ring substituents is 1. The monoisotopic (exact) mass is 276 g/mol. The first-order valence-electron chi connectivity index (χ1n) is 6.47. The molecule has 0 bridgehead atoms. The molecule has 0 radical (unpaired) electrons. The van der Waals surface area contributed by atoms with E-state index in [0.717, 1.165) is 13.0 Å². The zero-order chi connectivity index (χ0) is 14.5. The van der Waals surface area contributed by atoms with Gasteiger partial charge in [0.05, 0.1) is 17.1 Å². The number of benzene rings is 1. The summed E-state index contributed by atoms with van der Waals surface area (Å²) < 4.78 is 7.33. The molecule has 0 aliphatic carbocycles. The lowest BCUT2D eigenvalue weighted by molar-refractivity contribution is -0.385. The van der Waals surface area contributed by atoms with Crippen molar-refractivity contribution >= 4 is 5.69 Å². The number of ether oxygens (including phenoxy) is 1. The van der Waals surface area contributed by atoms with E-state index in [1.807, 2.05) is 11.5 Å². The van der Waals surface area contributed by atoms with Crippen LogP contribution in [0.15, 0.2) is 24.5 Å². The Balaban J connectivity index is 2.57. The Morgan fingerprint density at radius 2 is 2.20 bits per heavy atom. The zero-order valence-corrected chi connectivity index (χ0v) is 11.4. The fraction of sp³-hybridized carbons (Fsp3) is 0.385. The van der Waals surface area contributed by atoms with Crippen molar-refractivity contribution in [3.05, 3.63) is 34.6 Å². The third-order valence-corrected chi connectivity index (χ3v) is 2.80. The van der Waals surface area contributed by atoms with Crippen LogP contribution in [-0.4, -0.2) is 26.3 Å². The van der Waals surface area contributed by atoms with E-state index in [4.69, 9.17) is 4.74 Å². The smallest absolute Gasteiger partial charge is 0.311 e. The van der Waals surface area contributed by atoms with Gasteiger partial charge in [0.1, 0.15) is 6.33 Å². The summed E-state index contributed by atoms with van der Waals surface area (Å²) in [5, 5.41) is 19.1. The minimum absolute atomic E-state index is 0.0598. The first-order valence-corrected chi connectivity index (χ1v) is 6.47. The Morgan fingerprint density at radius 3 is 2.85 bits per heavy atom. The van der Waals surface area contributed by atoms with E-state index >= 15 is 0 Å². The van der Waals surface area contributed by atoms with Gasteiger partial charge in [-0.05, 0) is 19.4 Å². The second-order valence-corrected chi connectivity index (χ2v) is 4.19. The molecule has 0 unspecified atom stereocenters. The fourth-order valence-corrected chi connectivity index (χ4v) is 2.01. The maximum Gasteiger partial charge on any atom is 0.311 e. The topological polar surface area (TPSA) is 83.1 Å². The predicted octanol–water partition coefficient (Wildman–Crippen LogP) is 2.66. The molecule has 0 aliphatic rings. The molecule has 1 aromatic carbocycles. The number of para-hydroxylation sites is 1. The number of nitrogens with zero attached hydrogens (tertiary/aromatic N) is 4. The molecule has 106 valence electrons. The highest BCUT2D eigenvalue weighted by Gasteiger charge is 2.22. The Hall–Kier alpha value is -2.44. The molecule has 0 fully saturated rings. The Labute approximate surface area is 116 Å². The SMILES string of the molecule is CCCn1cnnc1-c1cccc([N+](=O)[O-])c1OCC. The molecule has 0 saturated heterocycles. The highest BCUT2D eigenvalue weighted by Crippen LogP contribution is 2.36. The molecular weight excluding hydrogens is 260 g/mol. The van der Waals surface area contributed by atoms with Gasteiger partial charge in [-0.1, -0.05) is 13.0 Å². The number of rotatable bonds is 6. The van der Waals surface area contributed by atoms with Crippen molar-refractivity contribution in [1.82, 2.24) is 14.8 Å². The summed E-state index contributed by atoms with van der Waals surface area (Å²) in [7, 11) is 0. The maximum atomic E-state index is 11.1. The van der Waals surface area contributed by atoms with Crippen LogP contribution in [0.1, 0.15) is 20.3 Å². The summed E-state index contributed by atoms with van der Waals surface area (Å²) in [5.41, 5.74) is 0.530. The van der Waals surface area contributed by atoms with E-state index in [-0.39, 0.29) is 11.4 Å². The molecule has 20 heavy (non-hydrogen) atoms. The minimum Gasteiger partial charge on any atom is -0.487 e. The molecule has 2 rings (SSSR count). The number of aromatic nitrogens is 3. The average molecular weight is 276 g/mol. The minimum atomic E-state index is -0.449. The predicted molar refractivity (Wildman–Crippen MR) is 73.6 cm³/mol. The molecule has 0 N–H and O–H groups in total. The summed E-state index contributed by atoms with van der Waals surface area (Å²) in [4.78, 5) is 10.7. The highest BCUT2D eigenvalue weighted by molar-refractivity contribution is 5.71. The summed E-state index contributed by atoms with van der Waals surface area (Å²) in [6, 6.07) is 4.81. The van der Waals surface area contributed by atoms with Crippen LogP contribution in [0.4, 0.5) is 5.69 Å². The van der Waals surface area contributed by atoms with Gasteiger partial charge in [0.25, 0.3) is 0 Å². The first kappa shape index (κ1) is 14.0. The Kier molecular flexibility index (Phi) is 4.29. The van der Waals surface area contributed by atoms with Crippen LogP contribution in [-0.2, 0) is 6.54 Å². The maximum absolute atomic E-state index is 11.1. The van der Waals surface area contributed by atoms with Crippen molar-refractivity contribution in [2.75, 3.05) is 6.61 Å². The van der Waals surface area contributed by atoms with Crippen LogP contribution >= 0.6 is 0 Å². The van der Waals surface area contributed by atoms with Gasteiger partial charge >= 0.3 is 5.69 Å². The van der Waals surface area contributed by atoms with Crippen LogP contribution < -0.4 is 4.74 Å². The Morgan fingerprint density at radius 1 is 1.40 bits per heavy atom. The molecule has 0 aliphatic heterocycles. The highest BCUT2D eigenvalue weighted by atomic mass is 16.6. The van der Waals surface area contributed by atoms with E-state index in [1.54, 1.807) is 25.4 Å². The average Bonchev–Trinajstić information content (AvgIpc) is 2.87. The summed E-state index contributed by atoms with van der Waals surface area (Å²) in [5.74, 6) is 0.823. The van der Waals surface area contributed by atoms with E-state index in [0.29, 0.717) is 18.0 Å². The van der Waals surface area contributed by atoms with Crippen molar-refractivity contribution in [2.24, 2.45) is 0 Å². The molecule has 0 spiro atoms. The van der Waals surface area contributed by atoms with Gasteiger partial charge in [0, 0.05) is 12.6 Å². The van der Waals surface area contributed by atoms with Crippen LogP contribution in [0.25, 0.3) is 11.4 Å². The zero-order valence-electron chi connectivity index (χ0n) is 11.4. The van der Waals surface area contributed by atoms with E-state index in [1.165, 1.54) is 6.07 Å². The first-order chi connectivity index (χ1) is 9.69. The third-order valence-electron chi connectivity index (χ3n) is 2.80. The summed E-state index contributed by atoms with van der Waals surface area (Å²) in [6.07, 6.45) is 2.54. The largest absolute Gasteiger partial charge is 0.487 e. The number of hydrogen-bond donors (Lipinski definition) is 0. The second kappa shape index (κ2) is 6.14. The molecule has 1 heterocycles. The molecule has 7 heteroatoms. The lowest BCUT2D eigenvalue weighted by Gasteiger charge is -2.11. The standard InChI is InChI=1S/C13H16N4O3/c1-3-8-16-9-14-15-13(16)10-6-5-7-11(17(18)19)12(10)20-4-2/h5-7,9H,3-4,8H2,1-2H3. The number of aryl methyl sites for hydroxylation is 1. The van der Waals surface area contributed by atoms with Crippen LogP contribution in [0, 0.1) is 10.1 Å². The molecule has 0 atom stereocenters. The van der Waals surface area contributed by atoms with Crippen LogP contribution in [0.5, 0.6) is 5.75 Å². The lowest BCUT2D eigenvalue weighted by atomic mass is 10.1. The Bertz CT molecular complexity index is 609. The van der Waals surface area contributed by atoms with Gasteiger partial charge in [-0.3, -0.25) is 10.1 Å². The normalized spacial score (nSPS) is 10.5. The molecule has 2 aromatic rings. The molecular formula is C13H16N4O3. The molecule has 0 saturated carbocycles. The van der Waals surface area contributed by atoms with Crippen molar-refractivity contribution in [3.63, 3.8) is 0 Å².